The highest BCUT2D eigenvalue weighted by Gasteiger charge is 2.30. The van der Waals surface area contributed by atoms with Gasteiger partial charge in [-0.2, -0.15) is 0 Å². The summed E-state index contributed by atoms with van der Waals surface area (Å²) in [6, 6.07) is 21.8. The average Bonchev–Trinajstić information content (AvgIpc) is 3.03. The van der Waals surface area contributed by atoms with Crippen molar-refractivity contribution in [2.75, 3.05) is 19.8 Å². The Morgan fingerprint density at radius 1 is 0.886 bits per heavy atom. The summed E-state index contributed by atoms with van der Waals surface area (Å²) in [6.45, 7) is 14.2. The van der Waals surface area contributed by atoms with E-state index in [1.807, 2.05) is 26.8 Å². The summed E-state index contributed by atoms with van der Waals surface area (Å²) < 4.78 is 11.5. The van der Waals surface area contributed by atoms with Crippen LogP contribution in [0.4, 0.5) is 0 Å². The summed E-state index contributed by atoms with van der Waals surface area (Å²) in [6.07, 6.45) is 7.28. The topological polar surface area (TPSA) is 76.0 Å². The molecule has 2 atom stereocenters. The first kappa shape index (κ1) is 35.1. The monoisotopic (exact) mass is 600 g/mol. The lowest BCUT2D eigenvalue weighted by Gasteiger charge is -2.32. The standard InChI is InChI=1S/C39H52O5/c1-7-10-11-12-28-13-15-30(16-14-28)31-17-19-35(29(8-2)25-31)32-18-20-36(33(26-32)21-24-44-37(41)9-3)43-23-22-34(27-40)38(42)39(4,5)6/h9,13-20,25-26,34,38,40,42H,3,7-8,10-12,21-24,27H2,1-2,4-6H3. The van der Waals surface area contributed by atoms with Crippen LogP contribution in [0.3, 0.4) is 0 Å². The van der Waals surface area contributed by atoms with Crippen molar-refractivity contribution in [3.63, 3.8) is 0 Å². The van der Waals surface area contributed by atoms with Gasteiger partial charge in [0.2, 0.25) is 0 Å². The van der Waals surface area contributed by atoms with Crippen LogP contribution < -0.4 is 4.74 Å². The molecule has 3 aromatic carbocycles. The number of benzene rings is 3. The van der Waals surface area contributed by atoms with Gasteiger partial charge in [0.05, 0.1) is 19.3 Å². The summed E-state index contributed by atoms with van der Waals surface area (Å²) in [5, 5.41) is 20.6. The molecule has 0 saturated heterocycles. The van der Waals surface area contributed by atoms with E-state index in [0.29, 0.717) is 25.2 Å². The van der Waals surface area contributed by atoms with Crippen molar-refractivity contribution in [3.05, 3.63) is 90.0 Å². The van der Waals surface area contributed by atoms with Crippen molar-refractivity contribution in [2.24, 2.45) is 11.3 Å². The van der Waals surface area contributed by atoms with Crippen LogP contribution in [-0.4, -0.2) is 42.1 Å². The lowest BCUT2D eigenvalue weighted by Crippen LogP contribution is -2.36. The molecule has 0 spiro atoms. The van der Waals surface area contributed by atoms with E-state index in [9.17, 15) is 15.0 Å². The van der Waals surface area contributed by atoms with Crippen molar-refractivity contribution >= 4 is 5.97 Å². The third-order valence-corrected chi connectivity index (χ3v) is 8.31. The normalized spacial score (nSPS) is 12.9. The molecule has 0 fully saturated rings. The van der Waals surface area contributed by atoms with E-state index in [2.05, 4.69) is 75.0 Å². The highest BCUT2D eigenvalue weighted by molar-refractivity contribution is 5.81. The number of carbonyl (C=O) groups excluding carboxylic acids is 1. The van der Waals surface area contributed by atoms with Gasteiger partial charge in [0.1, 0.15) is 5.75 Å². The quantitative estimate of drug-likeness (QED) is 0.0925. The molecule has 5 nitrogen and oxygen atoms in total. The van der Waals surface area contributed by atoms with Gasteiger partial charge >= 0.3 is 5.97 Å². The van der Waals surface area contributed by atoms with Crippen molar-refractivity contribution in [2.45, 2.75) is 85.7 Å². The Balaban J connectivity index is 1.83. The molecule has 5 heteroatoms. The molecule has 2 N–H and O–H groups in total. The number of carbonyl (C=O) groups is 1. The Kier molecular flexibility index (Phi) is 13.7. The molecule has 2 unspecified atom stereocenters. The highest BCUT2D eigenvalue weighted by Crippen LogP contribution is 2.33. The summed E-state index contributed by atoms with van der Waals surface area (Å²) in [7, 11) is 0. The summed E-state index contributed by atoms with van der Waals surface area (Å²) in [5.41, 5.74) is 7.91. The smallest absolute Gasteiger partial charge is 0.330 e. The number of hydrogen-bond donors (Lipinski definition) is 2. The molecule has 0 aliphatic carbocycles. The Labute approximate surface area is 264 Å². The number of esters is 1. The molecule has 0 bridgehead atoms. The van der Waals surface area contributed by atoms with E-state index in [0.717, 1.165) is 29.5 Å². The molecule has 238 valence electrons. The minimum Gasteiger partial charge on any atom is -0.493 e. The second-order valence-electron chi connectivity index (χ2n) is 12.7. The van der Waals surface area contributed by atoms with Crippen molar-refractivity contribution in [3.8, 4) is 28.0 Å². The molecular weight excluding hydrogens is 548 g/mol. The van der Waals surface area contributed by atoms with Gasteiger partial charge in [-0.3, -0.25) is 0 Å². The molecule has 44 heavy (non-hydrogen) atoms. The number of aryl methyl sites for hydroxylation is 2. The lowest BCUT2D eigenvalue weighted by molar-refractivity contribution is -0.137. The van der Waals surface area contributed by atoms with Gasteiger partial charge in [0.25, 0.3) is 0 Å². The molecule has 0 aromatic heterocycles. The van der Waals surface area contributed by atoms with E-state index >= 15 is 0 Å². The Morgan fingerprint density at radius 3 is 2.20 bits per heavy atom. The van der Waals surface area contributed by atoms with Crippen LogP contribution in [0.5, 0.6) is 5.75 Å². The van der Waals surface area contributed by atoms with Crippen molar-refractivity contribution in [1.82, 2.24) is 0 Å². The van der Waals surface area contributed by atoms with E-state index in [-0.39, 0.29) is 24.5 Å². The first-order chi connectivity index (χ1) is 21.1. The summed E-state index contributed by atoms with van der Waals surface area (Å²) in [4.78, 5) is 11.7. The number of aliphatic hydroxyl groups excluding tert-OH is 2. The van der Waals surface area contributed by atoms with Gasteiger partial charge in [-0.1, -0.05) is 103 Å². The van der Waals surface area contributed by atoms with E-state index in [1.54, 1.807) is 0 Å². The van der Waals surface area contributed by atoms with Crippen molar-refractivity contribution in [1.29, 1.82) is 0 Å². The fourth-order valence-corrected chi connectivity index (χ4v) is 5.57. The Hall–Kier alpha value is -3.41. The molecular formula is C39H52O5. The minimum atomic E-state index is -0.643. The molecule has 0 aliphatic heterocycles. The number of rotatable bonds is 17. The van der Waals surface area contributed by atoms with Crippen LogP contribution in [0.15, 0.2) is 73.3 Å². The predicted molar refractivity (Wildman–Crippen MR) is 181 cm³/mol. The third-order valence-electron chi connectivity index (χ3n) is 8.31. The third kappa shape index (κ3) is 10.1. The number of ether oxygens (including phenoxy) is 2. The number of unbranched alkanes of at least 4 members (excludes halogenated alkanes) is 2. The molecule has 3 aromatic rings. The molecule has 0 radical (unpaired) electrons. The Morgan fingerprint density at radius 2 is 1.57 bits per heavy atom. The Bertz CT molecular complexity index is 1340. The SMILES string of the molecule is C=CC(=O)OCCc1cc(-c2ccc(-c3ccc(CCCCC)cc3)cc2CC)ccc1OCCC(CO)C(O)C(C)(C)C. The maximum atomic E-state index is 11.7. The van der Waals surface area contributed by atoms with Crippen LogP contribution in [-0.2, 0) is 28.8 Å². The number of hydrogen-bond acceptors (Lipinski definition) is 5. The van der Waals surface area contributed by atoms with Gasteiger partial charge < -0.3 is 19.7 Å². The van der Waals surface area contributed by atoms with Crippen LogP contribution in [0.25, 0.3) is 22.3 Å². The molecule has 0 aliphatic rings. The van der Waals surface area contributed by atoms with Crippen LogP contribution in [0, 0.1) is 11.3 Å². The van der Waals surface area contributed by atoms with Gasteiger partial charge in [-0.25, -0.2) is 4.79 Å². The first-order valence-electron chi connectivity index (χ1n) is 16.2. The van der Waals surface area contributed by atoms with Gasteiger partial charge in [-0.15, -0.1) is 0 Å². The minimum absolute atomic E-state index is 0.107. The van der Waals surface area contributed by atoms with E-state index in [1.165, 1.54) is 47.6 Å². The second kappa shape index (κ2) is 17.2. The van der Waals surface area contributed by atoms with Gasteiger partial charge in [-0.05, 0) is 82.2 Å². The molecule has 3 rings (SSSR count). The largest absolute Gasteiger partial charge is 0.493 e. The summed E-state index contributed by atoms with van der Waals surface area (Å²) in [5.74, 6) is -0.0309. The van der Waals surface area contributed by atoms with Crippen LogP contribution >= 0.6 is 0 Å². The van der Waals surface area contributed by atoms with E-state index in [4.69, 9.17) is 9.47 Å². The van der Waals surface area contributed by atoms with Crippen LogP contribution in [0.1, 0.15) is 77.0 Å². The fraction of sp³-hybridized carbons (Fsp3) is 0.462. The zero-order chi connectivity index (χ0) is 32.1. The maximum absolute atomic E-state index is 11.7. The van der Waals surface area contributed by atoms with E-state index < -0.39 is 12.1 Å². The zero-order valence-corrected chi connectivity index (χ0v) is 27.4. The number of aliphatic hydroxyl groups is 2. The average molecular weight is 601 g/mol. The van der Waals surface area contributed by atoms with Crippen LogP contribution in [0.2, 0.25) is 0 Å². The zero-order valence-electron chi connectivity index (χ0n) is 27.4. The van der Waals surface area contributed by atoms with Gasteiger partial charge in [0.15, 0.2) is 0 Å². The first-order valence-corrected chi connectivity index (χ1v) is 16.2. The molecule has 0 amide bonds. The molecule has 0 saturated carbocycles. The fourth-order valence-electron chi connectivity index (χ4n) is 5.57. The lowest BCUT2D eigenvalue weighted by atomic mass is 9.80. The second-order valence-corrected chi connectivity index (χ2v) is 12.7. The van der Waals surface area contributed by atoms with Gasteiger partial charge in [0, 0.05) is 25.0 Å². The predicted octanol–water partition coefficient (Wildman–Crippen LogP) is 8.37. The molecule has 0 heterocycles. The summed E-state index contributed by atoms with van der Waals surface area (Å²) >= 11 is 0. The van der Waals surface area contributed by atoms with Crippen molar-refractivity contribution < 1.29 is 24.5 Å². The highest BCUT2D eigenvalue weighted by atomic mass is 16.5. The maximum Gasteiger partial charge on any atom is 0.330 e.